The number of benzene rings is 1. The molecule has 0 spiro atoms. The Balaban J connectivity index is 1.94. The highest BCUT2D eigenvalue weighted by Crippen LogP contribution is 2.29. The molecule has 1 aliphatic carbocycles. The molecule has 104 valence electrons. The first kappa shape index (κ1) is 13.8. The molecule has 0 saturated heterocycles. The highest BCUT2D eigenvalue weighted by atomic mass is 19.1. The predicted octanol–water partition coefficient (Wildman–Crippen LogP) is 3.53. The summed E-state index contributed by atoms with van der Waals surface area (Å²) in [6.07, 6.45) is 5.18. The van der Waals surface area contributed by atoms with Crippen LogP contribution in [0.2, 0.25) is 0 Å². The van der Waals surface area contributed by atoms with Gasteiger partial charge >= 0.3 is 5.97 Å². The van der Waals surface area contributed by atoms with Crippen LogP contribution in [0.3, 0.4) is 0 Å². The summed E-state index contributed by atoms with van der Waals surface area (Å²) in [5.74, 6) is -0.138. The van der Waals surface area contributed by atoms with Crippen LogP contribution in [-0.4, -0.2) is 12.1 Å². The standard InChI is InChI=1S/C15H20FNO2/c1-2-10-3-6-12(7-4-10)19-15(18)13-8-5-11(16)9-14(13)17/h5,8-10,12H,2-4,6-7,17H2,1H3. The van der Waals surface area contributed by atoms with Crippen LogP contribution >= 0.6 is 0 Å². The largest absolute Gasteiger partial charge is 0.459 e. The maximum absolute atomic E-state index is 12.9. The molecule has 3 nitrogen and oxygen atoms in total. The number of rotatable bonds is 3. The van der Waals surface area contributed by atoms with Gasteiger partial charge in [-0.05, 0) is 49.8 Å². The van der Waals surface area contributed by atoms with E-state index in [1.165, 1.54) is 18.6 Å². The molecule has 2 rings (SSSR count). The monoisotopic (exact) mass is 265 g/mol. The van der Waals surface area contributed by atoms with Crippen molar-refractivity contribution in [2.24, 2.45) is 5.92 Å². The zero-order valence-electron chi connectivity index (χ0n) is 11.2. The summed E-state index contributed by atoms with van der Waals surface area (Å²) in [4.78, 5) is 12.0. The van der Waals surface area contributed by atoms with E-state index < -0.39 is 11.8 Å². The summed E-state index contributed by atoms with van der Waals surface area (Å²) in [5.41, 5.74) is 6.01. The van der Waals surface area contributed by atoms with Gasteiger partial charge in [-0.3, -0.25) is 0 Å². The van der Waals surface area contributed by atoms with Crippen molar-refractivity contribution in [3.05, 3.63) is 29.6 Å². The Bertz CT molecular complexity index is 453. The van der Waals surface area contributed by atoms with E-state index in [0.717, 1.165) is 37.7 Å². The van der Waals surface area contributed by atoms with Crippen LogP contribution in [0.25, 0.3) is 0 Å². The van der Waals surface area contributed by atoms with Crippen molar-refractivity contribution in [2.75, 3.05) is 5.73 Å². The second-order valence-corrected chi connectivity index (χ2v) is 5.19. The number of carbonyl (C=O) groups excluding carboxylic acids is 1. The van der Waals surface area contributed by atoms with Gasteiger partial charge in [0.05, 0.1) is 5.56 Å². The molecule has 1 aromatic rings. The first-order valence-electron chi connectivity index (χ1n) is 6.86. The lowest BCUT2D eigenvalue weighted by Crippen LogP contribution is -2.24. The van der Waals surface area contributed by atoms with E-state index in [2.05, 4.69) is 6.92 Å². The molecule has 0 atom stereocenters. The number of esters is 1. The summed E-state index contributed by atoms with van der Waals surface area (Å²) in [6.45, 7) is 2.19. The molecule has 1 aliphatic rings. The van der Waals surface area contributed by atoms with Crippen molar-refractivity contribution in [3.63, 3.8) is 0 Å². The summed E-state index contributed by atoms with van der Waals surface area (Å²) in [6, 6.07) is 3.75. The molecule has 0 aliphatic heterocycles. The van der Waals surface area contributed by atoms with Gasteiger partial charge in [0.1, 0.15) is 11.9 Å². The lowest BCUT2D eigenvalue weighted by molar-refractivity contribution is 0.0165. The fourth-order valence-corrected chi connectivity index (χ4v) is 2.59. The zero-order valence-corrected chi connectivity index (χ0v) is 11.2. The first-order chi connectivity index (χ1) is 9.10. The van der Waals surface area contributed by atoms with Gasteiger partial charge in [0, 0.05) is 5.69 Å². The number of hydrogen-bond donors (Lipinski definition) is 1. The number of ether oxygens (including phenoxy) is 1. The highest BCUT2D eigenvalue weighted by molar-refractivity contribution is 5.95. The highest BCUT2D eigenvalue weighted by Gasteiger charge is 2.24. The van der Waals surface area contributed by atoms with E-state index in [4.69, 9.17) is 10.5 Å². The van der Waals surface area contributed by atoms with Crippen LogP contribution < -0.4 is 5.73 Å². The number of nitrogens with two attached hydrogens (primary N) is 1. The zero-order chi connectivity index (χ0) is 13.8. The minimum atomic E-state index is -0.447. The molecular formula is C15H20FNO2. The smallest absolute Gasteiger partial charge is 0.340 e. The number of hydrogen-bond acceptors (Lipinski definition) is 3. The van der Waals surface area contributed by atoms with Crippen molar-refractivity contribution in [1.29, 1.82) is 0 Å². The molecule has 4 heteroatoms. The average molecular weight is 265 g/mol. The molecule has 1 fully saturated rings. The Morgan fingerprint density at radius 3 is 2.63 bits per heavy atom. The molecular weight excluding hydrogens is 245 g/mol. The summed E-state index contributed by atoms with van der Waals surface area (Å²) in [5, 5.41) is 0. The maximum Gasteiger partial charge on any atom is 0.340 e. The van der Waals surface area contributed by atoms with E-state index in [9.17, 15) is 9.18 Å². The van der Waals surface area contributed by atoms with Gasteiger partial charge in [0.15, 0.2) is 0 Å². The van der Waals surface area contributed by atoms with Gasteiger partial charge in [0.2, 0.25) is 0 Å². The molecule has 1 aromatic carbocycles. The summed E-state index contributed by atoms with van der Waals surface area (Å²) in [7, 11) is 0. The SMILES string of the molecule is CCC1CCC(OC(=O)c2ccc(F)cc2N)CC1. The molecule has 0 heterocycles. The lowest BCUT2D eigenvalue weighted by Gasteiger charge is -2.27. The fourth-order valence-electron chi connectivity index (χ4n) is 2.59. The third-order valence-corrected chi connectivity index (χ3v) is 3.88. The van der Waals surface area contributed by atoms with Crippen LogP contribution in [0.1, 0.15) is 49.4 Å². The Hall–Kier alpha value is -1.58. The quantitative estimate of drug-likeness (QED) is 0.672. The van der Waals surface area contributed by atoms with Crippen LogP contribution in [0.15, 0.2) is 18.2 Å². The van der Waals surface area contributed by atoms with E-state index in [0.29, 0.717) is 0 Å². The topological polar surface area (TPSA) is 52.3 Å². The molecule has 0 bridgehead atoms. The van der Waals surface area contributed by atoms with Crippen molar-refractivity contribution in [3.8, 4) is 0 Å². The lowest BCUT2D eigenvalue weighted by atomic mass is 9.86. The van der Waals surface area contributed by atoms with Crippen LogP contribution in [0.5, 0.6) is 0 Å². The molecule has 0 amide bonds. The number of nitrogen functional groups attached to an aromatic ring is 1. The van der Waals surface area contributed by atoms with Gasteiger partial charge < -0.3 is 10.5 Å². The second kappa shape index (κ2) is 6.04. The van der Waals surface area contributed by atoms with Crippen LogP contribution in [0, 0.1) is 11.7 Å². The predicted molar refractivity (Wildman–Crippen MR) is 72.3 cm³/mol. The molecule has 2 N–H and O–H groups in total. The van der Waals surface area contributed by atoms with Crippen molar-refractivity contribution >= 4 is 11.7 Å². The molecule has 0 aromatic heterocycles. The van der Waals surface area contributed by atoms with Crippen molar-refractivity contribution in [1.82, 2.24) is 0 Å². The summed E-state index contributed by atoms with van der Waals surface area (Å²) >= 11 is 0. The van der Waals surface area contributed by atoms with Gasteiger partial charge in [-0.15, -0.1) is 0 Å². The number of anilines is 1. The first-order valence-corrected chi connectivity index (χ1v) is 6.86. The van der Waals surface area contributed by atoms with E-state index in [1.54, 1.807) is 0 Å². The normalized spacial score (nSPS) is 23.1. The third-order valence-electron chi connectivity index (χ3n) is 3.88. The third kappa shape index (κ3) is 3.46. The number of halogens is 1. The van der Waals surface area contributed by atoms with E-state index >= 15 is 0 Å². The van der Waals surface area contributed by atoms with Crippen molar-refractivity contribution < 1.29 is 13.9 Å². The van der Waals surface area contributed by atoms with Gasteiger partial charge in [-0.2, -0.15) is 0 Å². The minimum absolute atomic E-state index is 0.0280. The van der Waals surface area contributed by atoms with Crippen molar-refractivity contribution in [2.45, 2.75) is 45.1 Å². The van der Waals surface area contributed by atoms with Crippen LogP contribution in [0.4, 0.5) is 10.1 Å². The maximum atomic E-state index is 12.9. The van der Waals surface area contributed by atoms with Gasteiger partial charge in [0.25, 0.3) is 0 Å². The Labute approximate surface area is 112 Å². The van der Waals surface area contributed by atoms with E-state index in [1.807, 2.05) is 0 Å². The Morgan fingerprint density at radius 2 is 2.05 bits per heavy atom. The average Bonchev–Trinajstić information content (AvgIpc) is 2.39. The molecule has 1 saturated carbocycles. The Morgan fingerprint density at radius 1 is 1.37 bits per heavy atom. The van der Waals surface area contributed by atoms with E-state index in [-0.39, 0.29) is 17.4 Å². The second-order valence-electron chi connectivity index (χ2n) is 5.19. The molecule has 19 heavy (non-hydrogen) atoms. The van der Waals surface area contributed by atoms with Gasteiger partial charge in [-0.25, -0.2) is 9.18 Å². The minimum Gasteiger partial charge on any atom is -0.459 e. The van der Waals surface area contributed by atoms with Crippen LogP contribution in [-0.2, 0) is 4.74 Å². The fraction of sp³-hybridized carbons (Fsp3) is 0.533. The van der Waals surface area contributed by atoms with Gasteiger partial charge in [-0.1, -0.05) is 13.3 Å². The Kier molecular flexibility index (Phi) is 4.40. The summed E-state index contributed by atoms with van der Waals surface area (Å²) < 4.78 is 18.4. The molecule has 0 radical (unpaired) electrons. The number of carbonyl (C=O) groups is 1. The molecule has 0 unspecified atom stereocenters.